The van der Waals surface area contributed by atoms with Crippen molar-refractivity contribution in [2.24, 2.45) is 0 Å². The van der Waals surface area contributed by atoms with Gasteiger partial charge in [-0.05, 0) is 106 Å². The second kappa shape index (κ2) is 15.3. The van der Waals surface area contributed by atoms with Gasteiger partial charge in [-0.25, -0.2) is 0 Å². The van der Waals surface area contributed by atoms with Crippen LogP contribution in [0.25, 0.3) is 93.9 Å². The molecule has 0 saturated carbocycles. The second-order valence-corrected chi connectivity index (χ2v) is 16.1. The number of hydrogen-bond donors (Lipinski definition) is 0. The van der Waals surface area contributed by atoms with Crippen molar-refractivity contribution in [3.8, 4) is 50.2 Å². The lowest BCUT2D eigenvalue weighted by Crippen LogP contribution is -2.11. The van der Waals surface area contributed by atoms with Crippen molar-refractivity contribution in [2.75, 3.05) is 4.90 Å². The van der Waals surface area contributed by atoms with Crippen LogP contribution in [-0.2, 0) is 0 Å². The molecule has 0 radical (unpaired) electrons. The zero-order valence-corrected chi connectivity index (χ0v) is 34.4. The average molecular weight is 805 g/mol. The molecule has 0 amide bonds. The number of anilines is 3. The number of rotatable bonds is 8. The Hall–Kier alpha value is -8.40. The largest absolute Gasteiger partial charge is 0.456 e. The monoisotopic (exact) mass is 804 g/mol. The molecule has 0 unspecified atom stereocenters. The van der Waals surface area contributed by atoms with Crippen LogP contribution in [0.5, 0.6) is 0 Å². The fraction of sp³-hybridized carbons (Fsp3) is 0. The van der Waals surface area contributed by atoms with Gasteiger partial charge in [0.15, 0.2) is 0 Å². The van der Waals surface area contributed by atoms with Crippen LogP contribution in [0.2, 0.25) is 0 Å². The number of fused-ring (bicyclic) bond motifs is 6. The van der Waals surface area contributed by atoms with Crippen LogP contribution >= 0.6 is 0 Å². The second-order valence-electron chi connectivity index (χ2n) is 16.1. The maximum atomic E-state index is 6.38. The van der Waals surface area contributed by atoms with Crippen LogP contribution in [0.1, 0.15) is 0 Å². The molecule has 63 heavy (non-hydrogen) atoms. The first kappa shape index (κ1) is 36.5. The Morgan fingerprint density at radius 3 is 1.52 bits per heavy atom. The number of para-hydroxylation sites is 3. The molecule has 0 N–H and O–H groups in total. The van der Waals surface area contributed by atoms with Gasteiger partial charge in [-0.3, -0.25) is 0 Å². The number of benzene rings is 10. The first-order valence-electron chi connectivity index (χ1n) is 21.5. The number of hydrogen-bond acceptors (Lipinski definition) is 2. The summed E-state index contributed by atoms with van der Waals surface area (Å²) in [4.78, 5) is 2.39. The molecule has 0 atom stereocenters. The first-order chi connectivity index (χ1) is 31.3. The SMILES string of the molecule is c1ccc(-c2ccc(N(c3ccc(-c4ccccc4)cc3)c3ccccc3-c3cccc(-c4cccc5c4c4ccccc4n5-c4cccc5oc6ccccc6c45)c3)cc2)cc1. The first-order valence-corrected chi connectivity index (χ1v) is 21.5. The normalized spacial score (nSPS) is 11.5. The van der Waals surface area contributed by atoms with Crippen LogP contribution in [0.15, 0.2) is 247 Å². The van der Waals surface area contributed by atoms with Crippen LogP contribution in [0.3, 0.4) is 0 Å². The Morgan fingerprint density at radius 2 is 0.810 bits per heavy atom. The topological polar surface area (TPSA) is 21.3 Å². The molecule has 0 fully saturated rings. The lowest BCUT2D eigenvalue weighted by atomic mass is 9.94. The Morgan fingerprint density at radius 1 is 0.317 bits per heavy atom. The quantitative estimate of drug-likeness (QED) is 0.153. The van der Waals surface area contributed by atoms with Crippen LogP contribution < -0.4 is 4.90 Å². The molecule has 12 rings (SSSR count). The molecular formula is C60H40N2O. The molecule has 0 spiro atoms. The molecule has 0 aliphatic rings. The summed E-state index contributed by atoms with van der Waals surface area (Å²) < 4.78 is 8.79. The van der Waals surface area contributed by atoms with Gasteiger partial charge < -0.3 is 13.9 Å². The van der Waals surface area contributed by atoms with Crippen molar-refractivity contribution in [2.45, 2.75) is 0 Å². The van der Waals surface area contributed by atoms with E-state index in [-0.39, 0.29) is 0 Å². The minimum atomic E-state index is 0.885. The fourth-order valence-electron chi connectivity index (χ4n) is 9.52. The third kappa shape index (κ3) is 6.29. The molecule has 0 aliphatic heterocycles. The Kier molecular flexibility index (Phi) is 8.83. The molecule has 12 aromatic rings. The summed E-state index contributed by atoms with van der Waals surface area (Å²) in [7, 11) is 0. The molecule has 0 aliphatic carbocycles. The minimum absolute atomic E-state index is 0.885. The highest BCUT2D eigenvalue weighted by Crippen LogP contribution is 2.45. The molecule has 0 bridgehead atoms. The van der Waals surface area contributed by atoms with Gasteiger partial charge >= 0.3 is 0 Å². The summed E-state index contributed by atoms with van der Waals surface area (Å²) in [5.74, 6) is 0. The summed E-state index contributed by atoms with van der Waals surface area (Å²) in [6, 6.07) is 87.1. The molecule has 3 heteroatoms. The van der Waals surface area contributed by atoms with E-state index in [4.69, 9.17) is 4.42 Å². The van der Waals surface area contributed by atoms with E-state index in [9.17, 15) is 0 Å². The van der Waals surface area contributed by atoms with Gasteiger partial charge in [0.2, 0.25) is 0 Å². The summed E-state index contributed by atoms with van der Waals surface area (Å²) in [6.45, 7) is 0. The van der Waals surface area contributed by atoms with Crippen molar-refractivity contribution < 1.29 is 4.42 Å². The smallest absolute Gasteiger partial charge is 0.137 e. The highest BCUT2D eigenvalue weighted by atomic mass is 16.3. The maximum absolute atomic E-state index is 6.38. The highest BCUT2D eigenvalue weighted by Gasteiger charge is 2.21. The Bertz CT molecular complexity index is 3520. The van der Waals surface area contributed by atoms with Crippen LogP contribution in [0.4, 0.5) is 17.1 Å². The summed E-state index contributed by atoms with van der Waals surface area (Å²) in [5.41, 5.74) is 17.9. The summed E-state index contributed by atoms with van der Waals surface area (Å²) >= 11 is 0. The number of furan rings is 1. The van der Waals surface area contributed by atoms with E-state index < -0.39 is 0 Å². The van der Waals surface area contributed by atoms with Crippen LogP contribution in [0, 0.1) is 0 Å². The van der Waals surface area contributed by atoms with Gasteiger partial charge in [0.05, 0.1) is 27.8 Å². The molecule has 3 nitrogen and oxygen atoms in total. The van der Waals surface area contributed by atoms with Gasteiger partial charge in [0.1, 0.15) is 11.2 Å². The predicted molar refractivity (Wildman–Crippen MR) is 264 cm³/mol. The molecule has 2 aromatic heterocycles. The Balaban J connectivity index is 1.01. The Labute approximate surface area is 366 Å². The third-order valence-electron chi connectivity index (χ3n) is 12.4. The van der Waals surface area contributed by atoms with Crippen molar-refractivity contribution >= 4 is 60.8 Å². The highest BCUT2D eigenvalue weighted by molar-refractivity contribution is 6.18. The van der Waals surface area contributed by atoms with E-state index in [1.165, 1.54) is 38.6 Å². The molecule has 2 heterocycles. The molecule has 10 aromatic carbocycles. The minimum Gasteiger partial charge on any atom is -0.456 e. The van der Waals surface area contributed by atoms with Crippen molar-refractivity contribution in [3.05, 3.63) is 243 Å². The predicted octanol–water partition coefficient (Wildman–Crippen LogP) is 16.8. The average Bonchev–Trinajstić information content (AvgIpc) is 3.92. The zero-order chi connectivity index (χ0) is 41.7. The van der Waals surface area contributed by atoms with E-state index >= 15 is 0 Å². The van der Waals surface area contributed by atoms with Gasteiger partial charge in [0, 0.05) is 33.1 Å². The van der Waals surface area contributed by atoms with Crippen molar-refractivity contribution in [1.29, 1.82) is 0 Å². The van der Waals surface area contributed by atoms with E-state index in [1.807, 2.05) is 6.07 Å². The van der Waals surface area contributed by atoms with Crippen molar-refractivity contribution in [1.82, 2.24) is 4.57 Å². The van der Waals surface area contributed by atoms with E-state index in [2.05, 4.69) is 246 Å². The summed E-state index contributed by atoms with van der Waals surface area (Å²) in [6.07, 6.45) is 0. The van der Waals surface area contributed by atoms with Gasteiger partial charge in [0.25, 0.3) is 0 Å². The third-order valence-corrected chi connectivity index (χ3v) is 12.4. The van der Waals surface area contributed by atoms with E-state index in [0.717, 1.165) is 72.4 Å². The van der Waals surface area contributed by atoms with E-state index in [1.54, 1.807) is 0 Å². The number of aromatic nitrogens is 1. The fourth-order valence-corrected chi connectivity index (χ4v) is 9.52. The van der Waals surface area contributed by atoms with E-state index in [0.29, 0.717) is 0 Å². The lowest BCUT2D eigenvalue weighted by Gasteiger charge is -2.28. The molecule has 0 saturated heterocycles. The van der Waals surface area contributed by atoms with Gasteiger partial charge in [-0.2, -0.15) is 0 Å². The molecular weight excluding hydrogens is 765 g/mol. The molecule has 296 valence electrons. The van der Waals surface area contributed by atoms with Gasteiger partial charge in [-0.1, -0.05) is 176 Å². The maximum Gasteiger partial charge on any atom is 0.137 e. The standard InChI is InChI=1S/C60H40N2O/c1-3-16-41(17-4-1)43-32-36-47(37-33-43)61(48-38-34-44(35-39-48)42-18-5-2-6-19-42)53-26-10-7-22-49(53)45-20-13-21-46(40-45)50-25-14-28-55-59(50)51-23-8-11-27-54(51)62(55)56-29-15-31-58-60(56)52-24-9-12-30-57(52)63-58/h1-40H. The van der Waals surface area contributed by atoms with Crippen molar-refractivity contribution in [3.63, 3.8) is 0 Å². The van der Waals surface area contributed by atoms with Crippen LogP contribution in [-0.4, -0.2) is 4.57 Å². The number of nitrogens with zero attached hydrogens (tertiary/aromatic N) is 2. The lowest BCUT2D eigenvalue weighted by molar-refractivity contribution is 0.669. The zero-order valence-electron chi connectivity index (χ0n) is 34.4. The summed E-state index contributed by atoms with van der Waals surface area (Å²) in [5, 5.41) is 4.67. The van der Waals surface area contributed by atoms with Gasteiger partial charge in [-0.15, -0.1) is 0 Å².